The van der Waals surface area contributed by atoms with Crippen LogP contribution in [0.25, 0.3) is 0 Å². The van der Waals surface area contributed by atoms with Gasteiger partial charge in [0, 0.05) is 16.7 Å². The van der Waals surface area contributed by atoms with E-state index in [1.807, 2.05) is 0 Å². The Morgan fingerprint density at radius 3 is 2.42 bits per heavy atom. The highest BCUT2D eigenvalue weighted by atomic mass is 35.5. The first-order valence-electron chi connectivity index (χ1n) is 5.28. The Balaban J connectivity index is 2.16. The molecule has 2 rings (SSSR count). The summed E-state index contributed by atoms with van der Waals surface area (Å²) in [5.74, 6) is -0.0881. The van der Waals surface area contributed by atoms with Crippen LogP contribution < -0.4 is 10.5 Å². The predicted molar refractivity (Wildman–Crippen MR) is 76.6 cm³/mol. The van der Waals surface area contributed by atoms with E-state index >= 15 is 0 Å². The molecule has 0 radical (unpaired) electrons. The number of nitrogen functional groups attached to an aromatic ring is 1. The van der Waals surface area contributed by atoms with Gasteiger partial charge in [-0.15, -0.1) is 0 Å². The summed E-state index contributed by atoms with van der Waals surface area (Å²) < 4.78 is 19.0. The standard InChI is InChI=1S/C13H9Cl3FNO/c14-8-2-1-7(11(17)3-8)6-19-13-5-10(16)9(15)4-12(13)18/h1-5H,6,18H2. The van der Waals surface area contributed by atoms with Gasteiger partial charge >= 0.3 is 0 Å². The summed E-state index contributed by atoms with van der Waals surface area (Å²) in [4.78, 5) is 0. The van der Waals surface area contributed by atoms with E-state index in [2.05, 4.69) is 0 Å². The molecule has 0 fully saturated rings. The summed E-state index contributed by atoms with van der Waals surface area (Å²) in [7, 11) is 0. The Morgan fingerprint density at radius 1 is 1.05 bits per heavy atom. The van der Waals surface area contributed by atoms with Crippen LogP contribution in [-0.2, 0) is 6.61 Å². The molecule has 0 aliphatic rings. The van der Waals surface area contributed by atoms with E-state index in [1.165, 1.54) is 18.2 Å². The van der Waals surface area contributed by atoms with Crippen LogP contribution in [0.4, 0.5) is 10.1 Å². The van der Waals surface area contributed by atoms with Crippen LogP contribution in [0.5, 0.6) is 5.75 Å². The first-order valence-corrected chi connectivity index (χ1v) is 6.42. The third kappa shape index (κ3) is 3.44. The first-order chi connectivity index (χ1) is 8.97. The largest absolute Gasteiger partial charge is 0.487 e. The molecule has 0 unspecified atom stereocenters. The van der Waals surface area contributed by atoms with Crippen molar-refractivity contribution in [3.63, 3.8) is 0 Å². The third-order valence-corrected chi connectivity index (χ3v) is 3.41. The monoisotopic (exact) mass is 319 g/mol. The lowest BCUT2D eigenvalue weighted by Gasteiger charge is -2.11. The number of hydrogen-bond donors (Lipinski definition) is 1. The summed E-state index contributed by atoms with van der Waals surface area (Å²) in [6.45, 7) is 0.0190. The summed E-state index contributed by atoms with van der Waals surface area (Å²) >= 11 is 17.3. The number of hydrogen-bond acceptors (Lipinski definition) is 2. The molecule has 2 aromatic carbocycles. The summed E-state index contributed by atoms with van der Waals surface area (Å²) in [5, 5.41) is 0.988. The highest BCUT2D eigenvalue weighted by Gasteiger charge is 2.08. The second-order valence-electron chi connectivity index (χ2n) is 3.83. The lowest BCUT2D eigenvalue weighted by Crippen LogP contribution is -2.01. The number of halogens is 4. The van der Waals surface area contributed by atoms with E-state index in [1.54, 1.807) is 12.1 Å². The highest BCUT2D eigenvalue weighted by Crippen LogP contribution is 2.32. The van der Waals surface area contributed by atoms with Crippen LogP contribution in [-0.4, -0.2) is 0 Å². The zero-order chi connectivity index (χ0) is 14.0. The van der Waals surface area contributed by atoms with Crippen molar-refractivity contribution in [1.29, 1.82) is 0 Å². The molecule has 2 nitrogen and oxygen atoms in total. The molecule has 0 aliphatic carbocycles. The van der Waals surface area contributed by atoms with E-state index < -0.39 is 5.82 Å². The van der Waals surface area contributed by atoms with Gasteiger partial charge in [0.15, 0.2) is 0 Å². The van der Waals surface area contributed by atoms with Crippen LogP contribution in [0, 0.1) is 5.82 Å². The van der Waals surface area contributed by atoms with Gasteiger partial charge in [0.25, 0.3) is 0 Å². The Labute approximate surface area is 124 Å². The first kappa shape index (κ1) is 14.3. The molecule has 19 heavy (non-hydrogen) atoms. The molecule has 0 heterocycles. The van der Waals surface area contributed by atoms with Crippen molar-refractivity contribution in [1.82, 2.24) is 0 Å². The molecule has 0 atom stereocenters. The average Bonchev–Trinajstić information content (AvgIpc) is 2.34. The second kappa shape index (κ2) is 5.87. The lowest BCUT2D eigenvalue weighted by atomic mass is 10.2. The van der Waals surface area contributed by atoms with Gasteiger partial charge in [-0.1, -0.05) is 40.9 Å². The molecule has 0 bridgehead atoms. The molecular weight excluding hydrogens is 312 g/mol. The number of anilines is 1. The molecule has 0 amide bonds. The molecule has 100 valence electrons. The van der Waals surface area contributed by atoms with Crippen LogP contribution in [0.15, 0.2) is 30.3 Å². The van der Waals surface area contributed by atoms with Crippen molar-refractivity contribution < 1.29 is 9.13 Å². The van der Waals surface area contributed by atoms with Crippen LogP contribution in [0.1, 0.15) is 5.56 Å². The maximum atomic E-state index is 13.6. The second-order valence-corrected chi connectivity index (χ2v) is 5.08. The van der Waals surface area contributed by atoms with Gasteiger partial charge in [0.1, 0.15) is 18.2 Å². The topological polar surface area (TPSA) is 35.2 Å². The Bertz CT molecular complexity index is 619. The van der Waals surface area contributed by atoms with Crippen molar-refractivity contribution in [2.75, 3.05) is 5.73 Å². The minimum absolute atomic E-state index is 0.0190. The van der Waals surface area contributed by atoms with Crippen molar-refractivity contribution in [3.8, 4) is 5.75 Å². The summed E-state index contributed by atoms with van der Waals surface area (Å²) in [5.41, 5.74) is 6.44. The molecule has 2 N–H and O–H groups in total. The van der Waals surface area contributed by atoms with Crippen molar-refractivity contribution in [3.05, 3.63) is 56.8 Å². The summed E-state index contributed by atoms with van der Waals surface area (Å²) in [6, 6.07) is 7.33. The Kier molecular flexibility index (Phi) is 4.40. The maximum absolute atomic E-state index is 13.6. The normalized spacial score (nSPS) is 10.5. The van der Waals surface area contributed by atoms with Crippen molar-refractivity contribution in [2.45, 2.75) is 6.61 Å². The van der Waals surface area contributed by atoms with Gasteiger partial charge in [-0.3, -0.25) is 0 Å². The van der Waals surface area contributed by atoms with E-state index in [9.17, 15) is 4.39 Å². The van der Waals surface area contributed by atoms with Crippen molar-refractivity contribution >= 4 is 40.5 Å². The summed E-state index contributed by atoms with van der Waals surface area (Å²) in [6.07, 6.45) is 0. The number of ether oxygens (including phenoxy) is 1. The van der Waals surface area contributed by atoms with Crippen LogP contribution >= 0.6 is 34.8 Å². The highest BCUT2D eigenvalue weighted by molar-refractivity contribution is 6.42. The fraction of sp³-hybridized carbons (Fsp3) is 0.0769. The lowest BCUT2D eigenvalue weighted by molar-refractivity contribution is 0.301. The van der Waals surface area contributed by atoms with Crippen LogP contribution in [0.2, 0.25) is 15.1 Å². The molecule has 0 spiro atoms. The smallest absolute Gasteiger partial charge is 0.144 e. The van der Waals surface area contributed by atoms with E-state index in [4.69, 9.17) is 45.3 Å². The maximum Gasteiger partial charge on any atom is 0.144 e. The molecule has 6 heteroatoms. The van der Waals surface area contributed by atoms with E-state index in [0.717, 1.165) is 0 Å². The Hall–Kier alpha value is -1.16. The predicted octanol–water partition coefficient (Wildman–Crippen LogP) is 4.95. The molecule has 0 saturated carbocycles. The molecule has 0 aliphatic heterocycles. The minimum Gasteiger partial charge on any atom is -0.487 e. The minimum atomic E-state index is -0.439. The number of benzene rings is 2. The fourth-order valence-corrected chi connectivity index (χ4v) is 1.95. The fourth-order valence-electron chi connectivity index (χ4n) is 1.46. The van der Waals surface area contributed by atoms with E-state index in [0.29, 0.717) is 32.1 Å². The van der Waals surface area contributed by atoms with Gasteiger partial charge in [-0.25, -0.2) is 4.39 Å². The number of rotatable bonds is 3. The quantitative estimate of drug-likeness (QED) is 0.812. The van der Waals surface area contributed by atoms with Crippen molar-refractivity contribution in [2.24, 2.45) is 0 Å². The van der Waals surface area contributed by atoms with Gasteiger partial charge in [0.05, 0.1) is 15.7 Å². The Morgan fingerprint density at radius 2 is 1.74 bits per heavy atom. The molecule has 0 aromatic heterocycles. The van der Waals surface area contributed by atoms with Crippen LogP contribution in [0.3, 0.4) is 0 Å². The zero-order valence-electron chi connectivity index (χ0n) is 9.59. The molecular formula is C13H9Cl3FNO. The SMILES string of the molecule is Nc1cc(Cl)c(Cl)cc1OCc1ccc(Cl)cc1F. The number of nitrogens with two attached hydrogens (primary N) is 1. The van der Waals surface area contributed by atoms with Gasteiger partial charge in [0.2, 0.25) is 0 Å². The average molecular weight is 321 g/mol. The molecule has 2 aromatic rings. The third-order valence-electron chi connectivity index (χ3n) is 2.45. The van der Waals surface area contributed by atoms with Gasteiger partial charge in [-0.05, 0) is 18.2 Å². The zero-order valence-corrected chi connectivity index (χ0v) is 11.9. The molecule has 0 saturated heterocycles. The van der Waals surface area contributed by atoms with Gasteiger partial charge < -0.3 is 10.5 Å². The van der Waals surface area contributed by atoms with Gasteiger partial charge in [-0.2, -0.15) is 0 Å². The van der Waals surface area contributed by atoms with E-state index in [-0.39, 0.29) is 6.61 Å².